The van der Waals surface area contributed by atoms with Crippen molar-refractivity contribution in [1.29, 1.82) is 0 Å². The van der Waals surface area contributed by atoms with Crippen molar-refractivity contribution in [3.05, 3.63) is 0 Å². The van der Waals surface area contributed by atoms with Crippen LogP contribution < -0.4 is 0 Å². The van der Waals surface area contributed by atoms with Gasteiger partial charge in [-0.25, -0.2) is 0 Å². The molecule has 1 rings (SSSR count). The average Bonchev–Trinajstić information content (AvgIpc) is 2.33. The van der Waals surface area contributed by atoms with Crippen molar-refractivity contribution in [2.24, 2.45) is 5.92 Å². The summed E-state index contributed by atoms with van der Waals surface area (Å²) in [7, 11) is 1.45. The SMILES string of the molecule is COC1OCCC1C(=O)O. The van der Waals surface area contributed by atoms with E-state index in [1.54, 1.807) is 0 Å². The van der Waals surface area contributed by atoms with Gasteiger partial charge < -0.3 is 14.6 Å². The van der Waals surface area contributed by atoms with E-state index in [0.29, 0.717) is 13.0 Å². The molecule has 10 heavy (non-hydrogen) atoms. The highest BCUT2D eigenvalue weighted by molar-refractivity contribution is 5.70. The zero-order chi connectivity index (χ0) is 7.56. The Morgan fingerprint density at radius 1 is 1.80 bits per heavy atom. The van der Waals surface area contributed by atoms with Gasteiger partial charge in [0.05, 0.1) is 6.61 Å². The van der Waals surface area contributed by atoms with Crippen molar-refractivity contribution in [1.82, 2.24) is 0 Å². The highest BCUT2D eigenvalue weighted by Gasteiger charge is 2.33. The van der Waals surface area contributed by atoms with Crippen molar-refractivity contribution < 1.29 is 19.4 Å². The number of carboxylic acid groups (broad SMARTS) is 1. The molecule has 2 atom stereocenters. The molecule has 1 N–H and O–H groups in total. The third-order valence-corrected chi connectivity index (χ3v) is 1.59. The van der Waals surface area contributed by atoms with Gasteiger partial charge in [0.1, 0.15) is 5.92 Å². The number of methoxy groups -OCH3 is 1. The van der Waals surface area contributed by atoms with Crippen molar-refractivity contribution in [3.63, 3.8) is 0 Å². The molecule has 0 amide bonds. The third-order valence-electron chi connectivity index (χ3n) is 1.59. The van der Waals surface area contributed by atoms with Gasteiger partial charge in [0.2, 0.25) is 0 Å². The Bertz CT molecular complexity index is 134. The number of rotatable bonds is 2. The van der Waals surface area contributed by atoms with Gasteiger partial charge in [-0.2, -0.15) is 0 Å². The minimum atomic E-state index is -0.843. The Labute approximate surface area is 58.7 Å². The quantitative estimate of drug-likeness (QED) is 0.599. The number of carboxylic acids is 1. The molecule has 1 heterocycles. The van der Waals surface area contributed by atoms with Crippen molar-refractivity contribution in [2.45, 2.75) is 12.7 Å². The Morgan fingerprint density at radius 3 is 2.90 bits per heavy atom. The van der Waals surface area contributed by atoms with Crippen LogP contribution in [0.15, 0.2) is 0 Å². The van der Waals surface area contributed by atoms with Crippen LogP contribution >= 0.6 is 0 Å². The molecule has 1 aliphatic rings. The highest BCUT2D eigenvalue weighted by atomic mass is 16.7. The second kappa shape index (κ2) is 2.98. The molecule has 0 aliphatic carbocycles. The predicted molar refractivity (Wildman–Crippen MR) is 32.5 cm³/mol. The van der Waals surface area contributed by atoms with Crippen molar-refractivity contribution >= 4 is 5.97 Å². The normalized spacial score (nSPS) is 32.5. The van der Waals surface area contributed by atoms with Crippen LogP contribution in [0.4, 0.5) is 0 Å². The number of aliphatic carboxylic acids is 1. The first-order valence-corrected chi connectivity index (χ1v) is 3.13. The van der Waals surface area contributed by atoms with Crippen molar-refractivity contribution in [2.75, 3.05) is 13.7 Å². The lowest BCUT2D eigenvalue weighted by Gasteiger charge is -2.11. The van der Waals surface area contributed by atoms with Crippen molar-refractivity contribution in [3.8, 4) is 0 Å². The van der Waals surface area contributed by atoms with Gasteiger partial charge in [-0.3, -0.25) is 4.79 Å². The number of ether oxygens (including phenoxy) is 2. The summed E-state index contributed by atoms with van der Waals surface area (Å²) in [5.41, 5.74) is 0. The summed E-state index contributed by atoms with van der Waals surface area (Å²) in [6.07, 6.45) is 0.00546. The molecule has 0 spiro atoms. The van der Waals surface area contributed by atoms with Gasteiger partial charge in [0.25, 0.3) is 0 Å². The zero-order valence-corrected chi connectivity index (χ0v) is 5.74. The lowest BCUT2D eigenvalue weighted by Crippen LogP contribution is -2.25. The molecule has 0 aromatic carbocycles. The summed E-state index contributed by atoms with van der Waals surface area (Å²) >= 11 is 0. The summed E-state index contributed by atoms with van der Waals surface area (Å²) in [5.74, 6) is -1.32. The first-order valence-electron chi connectivity index (χ1n) is 3.13. The molecule has 0 aromatic heterocycles. The molecule has 1 saturated heterocycles. The predicted octanol–water partition coefficient (Wildman–Crippen LogP) is 0.0800. The first-order chi connectivity index (χ1) is 4.75. The molecule has 0 aromatic rings. The number of carbonyl (C=O) groups is 1. The molecular weight excluding hydrogens is 136 g/mol. The second-order valence-electron chi connectivity index (χ2n) is 2.21. The Balaban J connectivity index is 2.50. The van der Waals surface area contributed by atoms with Crippen LogP contribution in [0.5, 0.6) is 0 Å². The molecule has 0 bridgehead atoms. The molecule has 4 nitrogen and oxygen atoms in total. The van der Waals surface area contributed by atoms with E-state index in [0.717, 1.165) is 0 Å². The molecule has 1 aliphatic heterocycles. The minimum absolute atomic E-state index is 0.481. The summed E-state index contributed by atoms with van der Waals surface area (Å²) in [6, 6.07) is 0. The Kier molecular flexibility index (Phi) is 2.24. The maximum atomic E-state index is 10.4. The van der Waals surface area contributed by atoms with Crippen LogP contribution in [-0.2, 0) is 14.3 Å². The van der Waals surface area contributed by atoms with Crippen LogP contribution in [-0.4, -0.2) is 31.1 Å². The first kappa shape index (κ1) is 7.50. The molecular formula is C6H10O4. The van der Waals surface area contributed by atoms with Crippen LogP contribution in [0, 0.1) is 5.92 Å². The molecule has 58 valence electrons. The van der Waals surface area contributed by atoms with E-state index in [-0.39, 0.29) is 0 Å². The topological polar surface area (TPSA) is 55.8 Å². The molecule has 0 saturated carbocycles. The van der Waals surface area contributed by atoms with E-state index in [2.05, 4.69) is 0 Å². The largest absolute Gasteiger partial charge is 0.481 e. The van der Waals surface area contributed by atoms with Crippen LogP contribution in [0.3, 0.4) is 0 Å². The van der Waals surface area contributed by atoms with E-state index < -0.39 is 18.2 Å². The zero-order valence-electron chi connectivity index (χ0n) is 5.74. The highest BCUT2D eigenvalue weighted by Crippen LogP contribution is 2.20. The fraction of sp³-hybridized carbons (Fsp3) is 0.833. The Morgan fingerprint density at radius 2 is 2.50 bits per heavy atom. The Hall–Kier alpha value is -0.610. The van der Waals surface area contributed by atoms with E-state index in [4.69, 9.17) is 14.6 Å². The van der Waals surface area contributed by atoms with Crippen LogP contribution in [0.25, 0.3) is 0 Å². The maximum absolute atomic E-state index is 10.4. The summed E-state index contributed by atoms with van der Waals surface area (Å²) < 4.78 is 9.75. The maximum Gasteiger partial charge on any atom is 0.311 e. The molecule has 4 heteroatoms. The smallest absolute Gasteiger partial charge is 0.311 e. The van der Waals surface area contributed by atoms with E-state index in [9.17, 15) is 4.79 Å². The van der Waals surface area contributed by atoms with Gasteiger partial charge >= 0.3 is 5.97 Å². The fourth-order valence-corrected chi connectivity index (χ4v) is 1.04. The van der Waals surface area contributed by atoms with Gasteiger partial charge in [0.15, 0.2) is 6.29 Å². The molecule has 0 radical (unpaired) electrons. The third kappa shape index (κ3) is 1.27. The monoisotopic (exact) mass is 146 g/mol. The number of hydrogen-bond acceptors (Lipinski definition) is 3. The van der Waals surface area contributed by atoms with E-state index in [1.165, 1.54) is 7.11 Å². The van der Waals surface area contributed by atoms with Crippen LogP contribution in [0.2, 0.25) is 0 Å². The second-order valence-corrected chi connectivity index (χ2v) is 2.21. The lowest BCUT2D eigenvalue weighted by molar-refractivity contribution is -0.158. The fourth-order valence-electron chi connectivity index (χ4n) is 1.04. The van der Waals surface area contributed by atoms with Gasteiger partial charge in [-0.05, 0) is 6.42 Å². The summed E-state index contributed by atoms with van der Waals surface area (Å²) in [5, 5.41) is 8.55. The summed E-state index contributed by atoms with van der Waals surface area (Å²) in [6.45, 7) is 0.482. The van der Waals surface area contributed by atoms with Crippen LogP contribution in [0.1, 0.15) is 6.42 Å². The lowest BCUT2D eigenvalue weighted by atomic mass is 10.1. The van der Waals surface area contributed by atoms with E-state index in [1.807, 2.05) is 0 Å². The molecule has 1 fully saturated rings. The average molecular weight is 146 g/mol. The van der Waals surface area contributed by atoms with Gasteiger partial charge in [-0.15, -0.1) is 0 Å². The standard InChI is InChI=1S/C6H10O4/c1-9-6-4(5(7)8)2-3-10-6/h4,6H,2-3H2,1H3,(H,7,8). The number of hydrogen-bond donors (Lipinski definition) is 1. The minimum Gasteiger partial charge on any atom is -0.481 e. The molecule has 2 unspecified atom stereocenters. The van der Waals surface area contributed by atoms with Gasteiger partial charge in [-0.1, -0.05) is 0 Å². The van der Waals surface area contributed by atoms with E-state index >= 15 is 0 Å². The van der Waals surface area contributed by atoms with Gasteiger partial charge in [0, 0.05) is 7.11 Å². The summed E-state index contributed by atoms with van der Waals surface area (Å²) in [4.78, 5) is 10.4.